The third-order valence-electron chi connectivity index (χ3n) is 3.11. The predicted molar refractivity (Wildman–Crippen MR) is 56.0 cm³/mol. The van der Waals surface area contributed by atoms with Gasteiger partial charge in [-0.05, 0) is 31.0 Å². The molecule has 1 heterocycles. The fraction of sp³-hybridized carbons (Fsp3) is 0.500. The molecule has 1 fully saturated rings. The molecule has 1 aromatic carbocycles. The normalized spacial score (nSPS) is 30.7. The maximum absolute atomic E-state index is 13.9. The highest BCUT2D eigenvalue weighted by atomic mass is 19.1. The van der Waals surface area contributed by atoms with Gasteiger partial charge in [-0.1, -0.05) is 12.1 Å². The van der Waals surface area contributed by atoms with Crippen molar-refractivity contribution in [2.45, 2.75) is 19.0 Å². The molecule has 1 N–H and O–H groups in total. The fourth-order valence-electron chi connectivity index (χ4n) is 2.04. The number of hydrogen-bond donors (Lipinski definition) is 1. The molecule has 0 spiro atoms. The maximum Gasteiger partial charge on any atom is 0.124 e. The van der Waals surface area contributed by atoms with Gasteiger partial charge in [-0.25, -0.2) is 8.78 Å². The lowest BCUT2D eigenvalue weighted by molar-refractivity contribution is 0.152. The molecule has 0 saturated carbocycles. The van der Waals surface area contributed by atoms with Gasteiger partial charge in [0.15, 0.2) is 0 Å². The van der Waals surface area contributed by atoms with Gasteiger partial charge in [-0.15, -0.1) is 0 Å². The van der Waals surface area contributed by atoms with Crippen LogP contribution in [0.15, 0.2) is 24.3 Å². The molecule has 1 aliphatic rings. The van der Waals surface area contributed by atoms with Crippen LogP contribution in [-0.2, 0) is 6.42 Å². The number of hydrogen-bond acceptors (Lipinski definition) is 1. The van der Waals surface area contributed by atoms with Gasteiger partial charge in [-0.3, -0.25) is 0 Å². The van der Waals surface area contributed by atoms with E-state index in [1.54, 1.807) is 19.1 Å². The van der Waals surface area contributed by atoms with Crippen LogP contribution in [0.2, 0.25) is 0 Å². The zero-order chi connectivity index (χ0) is 10.9. The predicted octanol–water partition coefficient (Wildman–Crippen LogP) is 2.32. The molecule has 2 unspecified atom stereocenters. The Morgan fingerprint density at radius 1 is 1.40 bits per heavy atom. The average molecular weight is 211 g/mol. The highest BCUT2D eigenvalue weighted by molar-refractivity contribution is 5.18. The van der Waals surface area contributed by atoms with E-state index in [4.69, 9.17) is 0 Å². The molecule has 0 radical (unpaired) electrons. The molecule has 1 aliphatic heterocycles. The zero-order valence-corrected chi connectivity index (χ0v) is 8.76. The summed E-state index contributed by atoms with van der Waals surface area (Å²) in [5.74, 6) is -0.255. The minimum absolute atomic E-state index is 0.0111. The second-order valence-electron chi connectivity index (χ2n) is 4.44. The summed E-state index contributed by atoms with van der Waals surface area (Å²) in [7, 11) is 0. The molecular weight excluding hydrogens is 196 g/mol. The summed E-state index contributed by atoms with van der Waals surface area (Å²) in [6.45, 7) is 2.74. The van der Waals surface area contributed by atoms with Gasteiger partial charge >= 0.3 is 0 Å². The standard InChI is InChI=1S/C12H15F2N/c1-12(14)8-15-7-10(12)6-9-2-4-11(13)5-3-9/h2-5,10,15H,6-8H2,1H3. The smallest absolute Gasteiger partial charge is 0.124 e. The fourth-order valence-corrected chi connectivity index (χ4v) is 2.04. The minimum Gasteiger partial charge on any atom is -0.313 e. The summed E-state index contributed by atoms with van der Waals surface area (Å²) < 4.78 is 26.6. The van der Waals surface area contributed by atoms with E-state index in [-0.39, 0.29) is 11.7 Å². The van der Waals surface area contributed by atoms with E-state index in [1.807, 2.05) is 0 Å². The van der Waals surface area contributed by atoms with Crippen molar-refractivity contribution in [3.05, 3.63) is 35.6 Å². The van der Waals surface area contributed by atoms with Gasteiger partial charge in [0.05, 0.1) is 0 Å². The van der Waals surface area contributed by atoms with Gasteiger partial charge in [-0.2, -0.15) is 0 Å². The van der Waals surface area contributed by atoms with Gasteiger partial charge < -0.3 is 5.32 Å². The van der Waals surface area contributed by atoms with Crippen molar-refractivity contribution in [1.82, 2.24) is 5.32 Å². The second-order valence-corrected chi connectivity index (χ2v) is 4.44. The van der Waals surface area contributed by atoms with Gasteiger partial charge in [0.1, 0.15) is 11.5 Å². The monoisotopic (exact) mass is 211 g/mol. The van der Waals surface area contributed by atoms with E-state index in [1.165, 1.54) is 12.1 Å². The molecule has 2 rings (SSSR count). The number of benzene rings is 1. The molecule has 0 aromatic heterocycles. The summed E-state index contributed by atoms with van der Waals surface area (Å²) in [4.78, 5) is 0. The van der Waals surface area contributed by atoms with E-state index in [9.17, 15) is 8.78 Å². The van der Waals surface area contributed by atoms with Crippen molar-refractivity contribution in [1.29, 1.82) is 0 Å². The van der Waals surface area contributed by atoms with Crippen LogP contribution in [0.4, 0.5) is 8.78 Å². The van der Waals surface area contributed by atoms with Crippen molar-refractivity contribution in [3.8, 4) is 0 Å². The Morgan fingerprint density at radius 3 is 2.60 bits per heavy atom. The first-order chi connectivity index (χ1) is 7.08. The second kappa shape index (κ2) is 3.89. The lowest BCUT2D eigenvalue weighted by atomic mass is 9.89. The Bertz CT molecular complexity index is 332. The van der Waals surface area contributed by atoms with E-state index in [0.29, 0.717) is 19.5 Å². The van der Waals surface area contributed by atoms with Crippen LogP contribution >= 0.6 is 0 Å². The van der Waals surface area contributed by atoms with E-state index >= 15 is 0 Å². The first-order valence-corrected chi connectivity index (χ1v) is 5.22. The molecule has 1 aromatic rings. The number of nitrogens with one attached hydrogen (secondary N) is 1. The maximum atomic E-state index is 13.9. The van der Waals surface area contributed by atoms with Crippen LogP contribution in [0.25, 0.3) is 0 Å². The van der Waals surface area contributed by atoms with E-state index < -0.39 is 5.67 Å². The molecular formula is C12H15F2N. The summed E-state index contributed by atoms with van der Waals surface area (Å²) in [6.07, 6.45) is 0.667. The number of alkyl halides is 1. The molecule has 0 amide bonds. The molecule has 15 heavy (non-hydrogen) atoms. The van der Waals surface area contributed by atoms with Gasteiger partial charge in [0.25, 0.3) is 0 Å². The highest BCUT2D eigenvalue weighted by Gasteiger charge is 2.38. The van der Waals surface area contributed by atoms with Crippen molar-refractivity contribution in [2.75, 3.05) is 13.1 Å². The summed E-state index contributed by atoms with van der Waals surface area (Å²) >= 11 is 0. The first kappa shape index (κ1) is 10.6. The number of rotatable bonds is 2. The Kier molecular flexibility index (Phi) is 2.74. The lowest BCUT2D eigenvalue weighted by Crippen LogP contribution is -2.29. The third-order valence-corrected chi connectivity index (χ3v) is 3.11. The lowest BCUT2D eigenvalue weighted by Gasteiger charge is -2.21. The van der Waals surface area contributed by atoms with Crippen LogP contribution < -0.4 is 5.32 Å². The van der Waals surface area contributed by atoms with Crippen LogP contribution in [0, 0.1) is 11.7 Å². The first-order valence-electron chi connectivity index (χ1n) is 5.22. The third kappa shape index (κ3) is 2.34. The Hall–Kier alpha value is -0.960. The summed E-state index contributed by atoms with van der Waals surface area (Å²) in [5.41, 5.74) is -0.150. The molecule has 1 nitrogen and oxygen atoms in total. The average Bonchev–Trinajstić information content (AvgIpc) is 2.50. The highest BCUT2D eigenvalue weighted by Crippen LogP contribution is 2.28. The van der Waals surface area contributed by atoms with Crippen molar-refractivity contribution >= 4 is 0 Å². The Balaban J connectivity index is 2.06. The van der Waals surface area contributed by atoms with E-state index in [2.05, 4.69) is 5.32 Å². The van der Waals surface area contributed by atoms with Crippen molar-refractivity contribution in [3.63, 3.8) is 0 Å². The van der Waals surface area contributed by atoms with Crippen LogP contribution in [0.1, 0.15) is 12.5 Å². The number of halogens is 2. The zero-order valence-electron chi connectivity index (χ0n) is 8.76. The molecule has 1 saturated heterocycles. The summed E-state index contributed by atoms with van der Waals surface area (Å²) in [5, 5.41) is 3.05. The largest absolute Gasteiger partial charge is 0.313 e. The quantitative estimate of drug-likeness (QED) is 0.791. The van der Waals surface area contributed by atoms with Crippen LogP contribution in [0.3, 0.4) is 0 Å². The molecule has 3 heteroatoms. The minimum atomic E-state index is -1.14. The Labute approximate surface area is 88.5 Å². The molecule has 82 valence electrons. The SMILES string of the molecule is CC1(F)CNCC1Cc1ccc(F)cc1. The van der Waals surface area contributed by atoms with Crippen LogP contribution in [0.5, 0.6) is 0 Å². The van der Waals surface area contributed by atoms with Crippen molar-refractivity contribution < 1.29 is 8.78 Å². The molecule has 0 aliphatic carbocycles. The van der Waals surface area contributed by atoms with Crippen molar-refractivity contribution in [2.24, 2.45) is 5.92 Å². The van der Waals surface area contributed by atoms with E-state index in [0.717, 1.165) is 5.56 Å². The Morgan fingerprint density at radius 2 is 2.07 bits per heavy atom. The summed E-state index contributed by atoms with van der Waals surface area (Å²) in [6, 6.07) is 6.30. The van der Waals surface area contributed by atoms with Gasteiger partial charge in [0.2, 0.25) is 0 Å². The van der Waals surface area contributed by atoms with Gasteiger partial charge in [0, 0.05) is 19.0 Å². The molecule has 0 bridgehead atoms. The van der Waals surface area contributed by atoms with Crippen LogP contribution in [-0.4, -0.2) is 18.8 Å². The topological polar surface area (TPSA) is 12.0 Å². The molecule has 2 atom stereocenters.